The first-order valence-corrected chi connectivity index (χ1v) is 11.1. The largest absolute Gasteiger partial charge is 0.444 e. The molecule has 0 radical (unpaired) electrons. The fraction of sp³-hybridized carbons (Fsp3) is 0.423. The van der Waals surface area contributed by atoms with Gasteiger partial charge < -0.3 is 20.3 Å². The molecule has 2 N–H and O–H groups in total. The predicted octanol–water partition coefficient (Wildman–Crippen LogP) is 4.66. The van der Waals surface area contributed by atoms with Crippen LogP contribution in [0.4, 0.5) is 10.5 Å². The van der Waals surface area contributed by atoms with Crippen molar-refractivity contribution >= 4 is 23.6 Å². The Hall–Kier alpha value is -3.35. The van der Waals surface area contributed by atoms with Crippen molar-refractivity contribution in [2.75, 3.05) is 18.4 Å². The summed E-state index contributed by atoms with van der Waals surface area (Å²) in [6.07, 6.45) is -0.681. The highest BCUT2D eigenvalue weighted by Crippen LogP contribution is 2.26. The lowest BCUT2D eigenvalue weighted by Crippen LogP contribution is -2.46. The SMILES string of the molecule is CCN(C(=O)CNC(=O)OC(C)(C)C)C(C(=O)Nc1ccccc1C)c1ccc(C)c(C)c1. The summed E-state index contributed by atoms with van der Waals surface area (Å²) in [5.74, 6) is -0.702. The molecule has 0 heterocycles. The maximum Gasteiger partial charge on any atom is 0.408 e. The molecule has 2 rings (SSSR count). The highest BCUT2D eigenvalue weighted by molar-refractivity contribution is 5.98. The summed E-state index contributed by atoms with van der Waals surface area (Å²) in [7, 11) is 0. The number of ether oxygens (including phenoxy) is 1. The lowest BCUT2D eigenvalue weighted by molar-refractivity contribution is -0.138. The van der Waals surface area contributed by atoms with Crippen LogP contribution >= 0.6 is 0 Å². The van der Waals surface area contributed by atoms with E-state index in [1.165, 1.54) is 4.90 Å². The van der Waals surface area contributed by atoms with Gasteiger partial charge in [0.15, 0.2) is 0 Å². The van der Waals surface area contributed by atoms with Gasteiger partial charge in [-0.2, -0.15) is 0 Å². The van der Waals surface area contributed by atoms with Gasteiger partial charge in [0.1, 0.15) is 18.2 Å². The van der Waals surface area contributed by atoms with Crippen molar-refractivity contribution < 1.29 is 19.1 Å². The third-order valence-corrected chi connectivity index (χ3v) is 5.25. The number of benzene rings is 2. The molecule has 0 aromatic heterocycles. The van der Waals surface area contributed by atoms with E-state index >= 15 is 0 Å². The van der Waals surface area contributed by atoms with Gasteiger partial charge in [-0.05, 0) is 76.8 Å². The first kappa shape index (κ1) is 25.9. The molecule has 0 aliphatic carbocycles. The van der Waals surface area contributed by atoms with Gasteiger partial charge in [-0.15, -0.1) is 0 Å². The number of anilines is 1. The van der Waals surface area contributed by atoms with Gasteiger partial charge in [-0.1, -0.05) is 36.4 Å². The molecule has 2 aromatic carbocycles. The molecular formula is C26H35N3O4. The number of aryl methyl sites for hydroxylation is 3. The molecule has 2 aromatic rings. The number of rotatable bonds is 7. The quantitative estimate of drug-likeness (QED) is 0.638. The first-order valence-electron chi connectivity index (χ1n) is 11.1. The van der Waals surface area contributed by atoms with Crippen LogP contribution < -0.4 is 10.6 Å². The molecule has 0 aliphatic rings. The van der Waals surface area contributed by atoms with Crippen LogP contribution in [0, 0.1) is 20.8 Å². The summed E-state index contributed by atoms with van der Waals surface area (Å²) in [4.78, 5) is 40.1. The normalized spacial score (nSPS) is 12.0. The van der Waals surface area contributed by atoms with Crippen molar-refractivity contribution in [3.05, 3.63) is 64.7 Å². The summed E-state index contributed by atoms with van der Waals surface area (Å²) >= 11 is 0. The summed E-state index contributed by atoms with van der Waals surface area (Å²) in [5, 5.41) is 5.46. The van der Waals surface area contributed by atoms with Crippen LogP contribution in [0.25, 0.3) is 0 Å². The van der Waals surface area contributed by atoms with Crippen molar-refractivity contribution in [1.82, 2.24) is 10.2 Å². The molecule has 0 fully saturated rings. The number of carbonyl (C=O) groups is 3. The number of alkyl carbamates (subject to hydrolysis) is 1. The standard InChI is InChI=1S/C26H35N3O4/c1-8-29(22(30)16-27-25(32)33-26(5,6)7)23(20-14-13-17(2)19(4)15-20)24(31)28-21-12-10-9-11-18(21)3/h9-15,23H,8,16H2,1-7H3,(H,27,32)(H,28,31). The fourth-order valence-electron chi connectivity index (χ4n) is 3.39. The van der Waals surface area contributed by atoms with Gasteiger partial charge in [0.2, 0.25) is 5.91 Å². The lowest BCUT2D eigenvalue weighted by Gasteiger charge is -2.31. The van der Waals surface area contributed by atoms with E-state index in [4.69, 9.17) is 4.74 Å². The van der Waals surface area contributed by atoms with Gasteiger partial charge in [-0.25, -0.2) is 4.79 Å². The van der Waals surface area contributed by atoms with E-state index in [1.807, 2.05) is 63.2 Å². The highest BCUT2D eigenvalue weighted by Gasteiger charge is 2.31. The molecule has 0 aliphatic heterocycles. The molecule has 0 saturated heterocycles. The summed E-state index contributed by atoms with van der Waals surface area (Å²) in [6, 6.07) is 12.4. The molecule has 1 atom stereocenters. The van der Waals surface area contributed by atoms with Gasteiger partial charge in [-0.3, -0.25) is 9.59 Å². The van der Waals surface area contributed by atoms with Gasteiger partial charge in [0.05, 0.1) is 0 Å². The number of para-hydroxylation sites is 1. The number of amides is 3. The van der Waals surface area contributed by atoms with Crippen LogP contribution in [-0.4, -0.2) is 41.5 Å². The Balaban J connectivity index is 2.32. The second-order valence-electron chi connectivity index (χ2n) is 9.09. The van der Waals surface area contributed by atoms with E-state index in [0.717, 1.165) is 16.7 Å². The summed E-state index contributed by atoms with van der Waals surface area (Å²) < 4.78 is 5.22. The van der Waals surface area contributed by atoms with E-state index < -0.39 is 17.7 Å². The molecule has 0 spiro atoms. The van der Waals surface area contributed by atoms with Crippen molar-refractivity contribution in [1.29, 1.82) is 0 Å². The Morgan fingerprint density at radius 1 is 0.970 bits per heavy atom. The molecule has 7 heteroatoms. The lowest BCUT2D eigenvalue weighted by atomic mass is 9.98. The average molecular weight is 454 g/mol. The fourth-order valence-corrected chi connectivity index (χ4v) is 3.39. The molecule has 7 nitrogen and oxygen atoms in total. The van der Waals surface area contributed by atoms with Crippen LogP contribution in [0.1, 0.15) is 56.0 Å². The zero-order valence-electron chi connectivity index (χ0n) is 20.6. The van der Waals surface area contributed by atoms with Crippen molar-refractivity contribution in [2.24, 2.45) is 0 Å². The molecule has 178 valence electrons. The minimum atomic E-state index is -0.859. The minimum Gasteiger partial charge on any atom is -0.444 e. The Kier molecular flexibility index (Phi) is 8.63. The van der Waals surface area contributed by atoms with Crippen molar-refractivity contribution in [3.63, 3.8) is 0 Å². The van der Waals surface area contributed by atoms with Crippen LogP contribution in [0.3, 0.4) is 0 Å². The average Bonchev–Trinajstić information content (AvgIpc) is 2.72. The molecule has 1 unspecified atom stereocenters. The molecule has 33 heavy (non-hydrogen) atoms. The van der Waals surface area contributed by atoms with Gasteiger partial charge in [0.25, 0.3) is 5.91 Å². The van der Waals surface area contributed by atoms with Crippen LogP contribution in [0.2, 0.25) is 0 Å². The van der Waals surface area contributed by atoms with Gasteiger partial charge in [0, 0.05) is 12.2 Å². The third kappa shape index (κ3) is 7.34. The maximum absolute atomic E-state index is 13.5. The van der Waals surface area contributed by atoms with Crippen LogP contribution in [0.5, 0.6) is 0 Å². The topological polar surface area (TPSA) is 87.7 Å². The minimum absolute atomic E-state index is 0.276. The smallest absolute Gasteiger partial charge is 0.408 e. The number of hydrogen-bond donors (Lipinski definition) is 2. The maximum atomic E-state index is 13.5. The monoisotopic (exact) mass is 453 g/mol. The van der Waals surface area contributed by atoms with E-state index in [-0.39, 0.29) is 24.9 Å². The summed E-state index contributed by atoms with van der Waals surface area (Å²) in [5.41, 5.74) is 3.76. The second kappa shape index (κ2) is 11.0. The van der Waals surface area contributed by atoms with E-state index in [9.17, 15) is 14.4 Å². The Morgan fingerprint density at radius 2 is 1.64 bits per heavy atom. The summed E-state index contributed by atoms with van der Waals surface area (Å²) in [6.45, 7) is 12.9. The molecule has 0 saturated carbocycles. The number of likely N-dealkylation sites (N-methyl/N-ethyl adjacent to an activating group) is 1. The number of nitrogens with zero attached hydrogens (tertiary/aromatic N) is 1. The Labute approximate surface area is 196 Å². The molecule has 0 bridgehead atoms. The number of nitrogens with one attached hydrogen (secondary N) is 2. The van der Waals surface area contributed by atoms with Crippen LogP contribution in [-0.2, 0) is 14.3 Å². The molecular weight excluding hydrogens is 418 g/mol. The zero-order chi connectivity index (χ0) is 24.8. The second-order valence-corrected chi connectivity index (χ2v) is 9.09. The van der Waals surface area contributed by atoms with E-state index in [0.29, 0.717) is 11.3 Å². The van der Waals surface area contributed by atoms with Crippen molar-refractivity contribution in [2.45, 2.75) is 60.1 Å². The predicted molar refractivity (Wildman–Crippen MR) is 130 cm³/mol. The Morgan fingerprint density at radius 3 is 2.21 bits per heavy atom. The van der Waals surface area contributed by atoms with Crippen LogP contribution in [0.15, 0.2) is 42.5 Å². The van der Waals surface area contributed by atoms with Gasteiger partial charge >= 0.3 is 6.09 Å². The number of hydrogen-bond acceptors (Lipinski definition) is 4. The van der Waals surface area contributed by atoms with E-state index in [1.54, 1.807) is 27.7 Å². The van der Waals surface area contributed by atoms with E-state index in [2.05, 4.69) is 10.6 Å². The number of carbonyl (C=O) groups excluding carboxylic acids is 3. The Bertz CT molecular complexity index is 1010. The molecule has 3 amide bonds. The first-order chi connectivity index (χ1) is 15.4. The third-order valence-electron chi connectivity index (χ3n) is 5.25. The zero-order valence-corrected chi connectivity index (χ0v) is 20.6. The highest BCUT2D eigenvalue weighted by atomic mass is 16.6. The van der Waals surface area contributed by atoms with Crippen molar-refractivity contribution in [3.8, 4) is 0 Å².